The lowest BCUT2D eigenvalue weighted by atomic mass is 10.3. The fraction of sp³-hybridized carbons (Fsp3) is 0.400. The van der Waals surface area contributed by atoms with Crippen LogP contribution in [-0.2, 0) is 14.3 Å². The van der Waals surface area contributed by atoms with E-state index in [4.69, 9.17) is 5.11 Å². The normalized spacial score (nSPS) is 10.7. The molecule has 0 radical (unpaired) electrons. The van der Waals surface area contributed by atoms with Gasteiger partial charge in [0.25, 0.3) is 0 Å². The maximum Gasteiger partial charge on any atom is 0.335 e. The van der Waals surface area contributed by atoms with Crippen molar-refractivity contribution in [1.29, 1.82) is 0 Å². The van der Waals surface area contributed by atoms with Crippen LogP contribution >= 0.6 is 0 Å². The molecule has 0 spiro atoms. The monoisotopic (exact) mass is 213 g/mol. The summed E-state index contributed by atoms with van der Waals surface area (Å²) in [5.74, 6) is -0.935. The quantitative estimate of drug-likeness (QED) is 0.502. The van der Waals surface area contributed by atoms with Crippen molar-refractivity contribution in [3.05, 3.63) is 23.9 Å². The smallest absolute Gasteiger partial charge is 0.335 e. The summed E-state index contributed by atoms with van der Waals surface area (Å²) in [6.45, 7) is 6.21. The number of hydrogen-bond acceptors (Lipinski definition) is 4. The third-order valence-corrected chi connectivity index (χ3v) is 1.45. The van der Waals surface area contributed by atoms with Crippen molar-refractivity contribution in [2.45, 2.75) is 13.8 Å². The number of amides is 1. The molecular weight excluding hydrogens is 198 g/mol. The van der Waals surface area contributed by atoms with Crippen molar-refractivity contribution in [3.8, 4) is 0 Å². The zero-order chi connectivity index (χ0) is 11.8. The van der Waals surface area contributed by atoms with Crippen LogP contribution in [0, 0.1) is 0 Å². The van der Waals surface area contributed by atoms with E-state index in [1.54, 1.807) is 6.92 Å². The first-order valence-corrected chi connectivity index (χ1v) is 4.40. The molecule has 1 amide bonds. The molecule has 2 N–H and O–H groups in total. The first kappa shape index (κ1) is 13.4. The van der Waals surface area contributed by atoms with E-state index in [1.807, 2.05) is 0 Å². The van der Waals surface area contributed by atoms with Crippen molar-refractivity contribution in [1.82, 2.24) is 5.32 Å². The Labute approximate surface area is 88.4 Å². The predicted octanol–water partition coefficient (Wildman–Crippen LogP) is 0.118. The molecule has 0 aromatic heterocycles. The lowest BCUT2D eigenvalue weighted by Crippen LogP contribution is -2.19. The van der Waals surface area contributed by atoms with E-state index in [9.17, 15) is 9.59 Å². The second kappa shape index (κ2) is 6.78. The average Bonchev–Trinajstić information content (AvgIpc) is 2.21. The number of carbonyl (C=O) groups excluding carboxylic acids is 2. The number of hydrogen-bond donors (Lipinski definition) is 2. The minimum Gasteiger partial charge on any atom is -0.460 e. The highest BCUT2D eigenvalue weighted by molar-refractivity contribution is 5.94. The molecule has 5 nitrogen and oxygen atoms in total. The number of rotatable bonds is 5. The highest BCUT2D eigenvalue weighted by Gasteiger charge is 2.06. The SMILES string of the molecule is C=C(C)C(=O)NC=C(C)C(=O)OCCO. The Kier molecular flexibility index (Phi) is 6.05. The molecule has 0 aliphatic heterocycles. The summed E-state index contributed by atoms with van der Waals surface area (Å²) in [5, 5.41) is 10.8. The van der Waals surface area contributed by atoms with Gasteiger partial charge in [-0.2, -0.15) is 0 Å². The van der Waals surface area contributed by atoms with Crippen molar-refractivity contribution >= 4 is 11.9 Å². The number of esters is 1. The third kappa shape index (κ3) is 5.64. The zero-order valence-electron chi connectivity index (χ0n) is 8.87. The summed E-state index contributed by atoms with van der Waals surface area (Å²) in [5.41, 5.74) is 0.598. The Morgan fingerprint density at radius 3 is 2.53 bits per heavy atom. The Bertz CT molecular complexity index is 294. The second-order valence-corrected chi connectivity index (χ2v) is 2.94. The fourth-order valence-electron chi connectivity index (χ4n) is 0.608. The molecule has 0 atom stereocenters. The van der Waals surface area contributed by atoms with E-state index in [0.717, 1.165) is 0 Å². The largest absolute Gasteiger partial charge is 0.460 e. The van der Waals surface area contributed by atoms with E-state index in [1.165, 1.54) is 13.1 Å². The first-order chi connectivity index (χ1) is 6.99. The van der Waals surface area contributed by atoms with Gasteiger partial charge in [-0.15, -0.1) is 0 Å². The van der Waals surface area contributed by atoms with Gasteiger partial charge in [-0.3, -0.25) is 4.79 Å². The number of carbonyl (C=O) groups is 2. The molecule has 0 bridgehead atoms. The molecule has 0 heterocycles. The van der Waals surface area contributed by atoms with Gasteiger partial charge in [0.1, 0.15) is 6.61 Å². The fourth-order valence-corrected chi connectivity index (χ4v) is 0.608. The molecule has 15 heavy (non-hydrogen) atoms. The lowest BCUT2D eigenvalue weighted by Gasteiger charge is -2.03. The Morgan fingerprint density at radius 1 is 1.47 bits per heavy atom. The van der Waals surface area contributed by atoms with Crippen LogP contribution in [0.5, 0.6) is 0 Å². The summed E-state index contributed by atoms with van der Waals surface area (Å²) >= 11 is 0. The predicted molar refractivity (Wildman–Crippen MR) is 54.8 cm³/mol. The Balaban J connectivity index is 4.13. The molecule has 0 aliphatic rings. The van der Waals surface area contributed by atoms with Crippen molar-refractivity contribution in [3.63, 3.8) is 0 Å². The molecule has 0 saturated heterocycles. The summed E-state index contributed by atoms with van der Waals surface area (Å²) in [6, 6.07) is 0. The molecular formula is C10H15NO4. The third-order valence-electron chi connectivity index (χ3n) is 1.45. The molecule has 0 unspecified atom stereocenters. The van der Waals surface area contributed by atoms with Gasteiger partial charge in [0, 0.05) is 11.8 Å². The van der Waals surface area contributed by atoms with Gasteiger partial charge in [0.05, 0.1) is 12.2 Å². The highest BCUT2D eigenvalue weighted by Crippen LogP contribution is 1.95. The Hall–Kier alpha value is -1.62. The standard InChI is InChI=1S/C10H15NO4/c1-7(2)9(13)11-6-8(3)10(14)15-5-4-12/h6,12H,1,4-5H2,2-3H3,(H,11,13). The zero-order valence-corrected chi connectivity index (χ0v) is 8.87. The van der Waals surface area contributed by atoms with Gasteiger partial charge in [-0.05, 0) is 13.8 Å². The molecule has 0 aromatic carbocycles. The van der Waals surface area contributed by atoms with Gasteiger partial charge < -0.3 is 15.2 Å². The van der Waals surface area contributed by atoms with Crippen molar-refractivity contribution in [2.75, 3.05) is 13.2 Å². The number of aliphatic hydroxyl groups excluding tert-OH is 1. The molecule has 0 fully saturated rings. The van der Waals surface area contributed by atoms with Gasteiger partial charge in [-0.25, -0.2) is 4.79 Å². The molecule has 5 heteroatoms. The van der Waals surface area contributed by atoms with Crippen LogP contribution in [0.3, 0.4) is 0 Å². The number of nitrogens with one attached hydrogen (secondary N) is 1. The van der Waals surface area contributed by atoms with Crippen molar-refractivity contribution < 1.29 is 19.4 Å². The second-order valence-electron chi connectivity index (χ2n) is 2.94. The molecule has 0 saturated carbocycles. The molecule has 0 rings (SSSR count). The Morgan fingerprint density at radius 2 is 2.07 bits per heavy atom. The maximum atomic E-state index is 11.1. The van der Waals surface area contributed by atoms with Gasteiger partial charge in [0.2, 0.25) is 5.91 Å². The van der Waals surface area contributed by atoms with Gasteiger partial charge >= 0.3 is 5.97 Å². The van der Waals surface area contributed by atoms with E-state index in [0.29, 0.717) is 5.57 Å². The van der Waals surface area contributed by atoms with Gasteiger partial charge in [-0.1, -0.05) is 6.58 Å². The van der Waals surface area contributed by atoms with Crippen LogP contribution in [0.4, 0.5) is 0 Å². The summed E-state index contributed by atoms with van der Waals surface area (Å²) < 4.78 is 4.61. The topological polar surface area (TPSA) is 75.6 Å². The summed E-state index contributed by atoms with van der Waals surface area (Å²) in [4.78, 5) is 22.1. The van der Waals surface area contributed by atoms with Gasteiger partial charge in [0.15, 0.2) is 0 Å². The summed E-state index contributed by atoms with van der Waals surface area (Å²) in [7, 11) is 0. The molecule has 84 valence electrons. The van der Waals surface area contributed by atoms with Crippen LogP contribution < -0.4 is 5.32 Å². The molecule has 0 aliphatic carbocycles. The minimum absolute atomic E-state index is 0.0571. The first-order valence-electron chi connectivity index (χ1n) is 4.40. The minimum atomic E-state index is -0.578. The number of ether oxygens (including phenoxy) is 1. The van der Waals surface area contributed by atoms with Crippen LogP contribution in [-0.4, -0.2) is 30.2 Å². The maximum absolute atomic E-state index is 11.1. The molecule has 0 aromatic rings. The van der Waals surface area contributed by atoms with E-state index in [-0.39, 0.29) is 24.7 Å². The van der Waals surface area contributed by atoms with Crippen molar-refractivity contribution in [2.24, 2.45) is 0 Å². The van der Waals surface area contributed by atoms with E-state index >= 15 is 0 Å². The van der Waals surface area contributed by atoms with Crippen LogP contribution in [0.2, 0.25) is 0 Å². The number of aliphatic hydroxyl groups is 1. The highest BCUT2D eigenvalue weighted by atomic mass is 16.5. The van der Waals surface area contributed by atoms with Crippen LogP contribution in [0.15, 0.2) is 23.9 Å². The average molecular weight is 213 g/mol. The lowest BCUT2D eigenvalue weighted by molar-refractivity contribution is -0.139. The van der Waals surface area contributed by atoms with Crippen LogP contribution in [0.25, 0.3) is 0 Å². The summed E-state index contributed by atoms with van der Waals surface area (Å²) in [6.07, 6.45) is 1.25. The van der Waals surface area contributed by atoms with Crippen LogP contribution in [0.1, 0.15) is 13.8 Å². The van der Waals surface area contributed by atoms with E-state index in [2.05, 4.69) is 16.6 Å². The van der Waals surface area contributed by atoms with E-state index < -0.39 is 5.97 Å².